The van der Waals surface area contributed by atoms with Gasteiger partial charge in [0.25, 0.3) is 0 Å². The molecule has 0 spiro atoms. The Balaban J connectivity index is 3.09. The van der Waals surface area contributed by atoms with Crippen molar-refractivity contribution in [1.82, 2.24) is 0 Å². The standard InChI is InChI=1S/C13H20O2/c1-8-6-10(3)12(7-9(8)2)13(14)11(4)15-5/h6-7,11,13-14H,1-5H3. The van der Waals surface area contributed by atoms with Crippen LogP contribution in [0.5, 0.6) is 0 Å². The van der Waals surface area contributed by atoms with E-state index in [2.05, 4.69) is 19.9 Å². The summed E-state index contributed by atoms with van der Waals surface area (Å²) >= 11 is 0. The van der Waals surface area contributed by atoms with Gasteiger partial charge in [-0.15, -0.1) is 0 Å². The SMILES string of the molecule is COC(C)C(O)c1cc(C)c(C)cc1C. The Morgan fingerprint density at radius 2 is 1.60 bits per heavy atom. The fourth-order valence-electron chi connectivity index (χ4n) is 1.68. The molecule has 0 aliphatic rings. The van der Waals surface area contributed by atoms with Gasteiger partial charge in [-0.05, 0) is 49.9 Å². The van der Waals surface area contributed by atoms with Crippen LogP contribution in [0.1, 0.15) is 35.3 Å². The first-order chi connectivity index (χ1) is 6.97. The van der Waals surface area contributed by atoms with Crippen LogP contribution >= 0.6 is 0 Å². The minimum Gasteiger partial charge on any atom is -0.386 e. The normalized spacial score (nSPS) is 15.1. The number of methoxy groups -OCH3 is 1. The molecule has 0 radical (unpaired) electrons. The first-order valence-electron chi connectivity index (χ1n) is 5.26. The summed E-state index contributed by atoms with van der Waals surface area (Å²) in [4.78, 5) is 0. The van der Waals surface area contributed by atoms with Gasteiger partial charge in [0.15, 0.2) is 0 Å². The predicted molar refractivity (Wildman–Crippen MR) is 62.1 cm³/mol. The van der Waals surface area contributed by atoms with Crippen LogP contribution < -0.4 is 0 Å². The fourth-order valence-corrected chi connectivity index (χ4v) is 1.68. The number of aryl methyl sites for hydroxylation is 3. The average Bonchev–Trinajstić information content (AvgIpc) is 2.21. The van der Waals surface area contributed by atoms with Crippen molar-refractivity contribution >= 4 is 0 Å². The third-order valence-corrected chi connectivity index (χ3v) is 3.02. The van der Waals surface area contributed by atoms with Gasteiger partial charge in [-0.25, -0.2) is 0 Å². The van der Waals surface area contributed by atoms with Crippen molar-refractivity contribution in [3.05, 3.63) is 34.4 Å². The number of ether oxygens (including phenoxy) is 1. The topological polar surface area (TPSA) is 29.5 Å². The Bertz CT molecular complexity index is 345. The molecule has 1 aromatic carbocycles. The summed E-state index contributed by atoms with van der Waals surface area (Å²) in [6, 6.07) is 4.15. The van der Waals surface area contributed by atoms with Crippen molar-refractivity contribution in [3.8, 4) is 0 Å². The molecule has 0 saturated carbocycles. The van der Waals surface area contributed by atoms with Crippen LogP contribution in [0.25, 0.3) is 0 Å². The summed E-state index contributed by atoms with van der Waals surface area (Å²) in [5, 5.41) is 10.1. The van der Waals surface area contributed by atoms with Crippen molar-refractivity contribution in [2.45, 2.75) is 39.9 Å². The molecule has 1 N–H and O–H groups in total. The zero-order valence-corrected chi connectivity index (χ0v) is 10.2. The molecular formula is C13H20O2. The Morgan fingerprint density at radius 3 is 2.13 bits per heavy atom. The van der Waals surface area contributed by atoms with Gasteiger partial charge in [0, 0.05) is 7.11 Å². The fraction of sp³-hybridized carbons (Fsp3) is 0.538. The first kappa shape index (κ1) is 12.2. The molecule has 2 heteroatoms. The highest BCUT2D eigenvalue weighted by Crippen LogP contribution is 2.25. The van der Waals surface area contributed by atoms with Crippen LogP contribution in [-0.4, -0.2) is 18.3 Å². The molecule has 0 amide bonds. The molecule has 2 unspecified atom stereocenters. The maximum atomic E-state index is 10.1. The molecule has 1 rings (SSSR count). The van der Waals surface area contributed by atoms with Gasteiger partial charge in [-0.2, -0.15) is 0 Å². The molecule has 1 aromatic rings. The average molecular weight is 208 g/mol. The number of aliphatic hydroxyl groups is 1. The van der Waals surface area contributed by atoms with Crippen LogP contribution in [0.3, 0.4) is 0 Å². The predicted octanol–water partition coefficient (Wildman–Crippen LogP) is 2.68. The molecule has 84 valence electrons. The second-order valence-corrected chi connectivity index (χ2v) is 4.18. The highest BCUT2D eigenvalue weighted by Gasteiger charge is 2.18. The molecule has 0 bridgehead atoms. The number of benzene rings is 1. The van der Waals surface area contributed by atoms with E-state index in [0.29, 0.717) is 0 Å². The third kappa shape index (κ3) is 2.58. The van der Waals surface area contributed by atoms with E-state index in [1.54, 1.807) is 7.11 Å². The highest BCUT2D eigenvalue weighted by atomic mass is 16.5. The first-order valence-corrected chi connectivity index (χ1v) is 5.26. The molecule has 0 aromatic heterocycles. The molecule has 2 nitrogen and oxygen atoms in total. The van der Waals surface area contributed by atoms with Crippen LogP contribution in [0.15, 0.2) is 12.1 Å². The number of hydrogen-bond donors (Lipinski definition) is 1. The number of aliphatic hydroxyl groups excluding tert-OH is 1. The second kappa shape index (κ2) is 4.77. The quantitative estimate of drug-likeness (QED) is 0.827. The Kier molecular flexibility index (Phi) is 3.89. The molecule has 15 heavy (non-hydrogen) atoms. The lowest BCUT2D eigenvalue weighted by molar-refractivity contribution is -0.00176. The van der Waals surface area contributed by atoms with E-state index < -0.39 is 6.10 Å². The van der Waals surface area contributed by atoms with E-state index in [0.717, 1.165) is 11.1 Å². The lowest BCUT2D eigenvalue weighted by atomic mass is 9.95. The Morgan fingerprint density at radius 1 is 1.07 bits per heavy atom. The summed E-state index contributed by atoms with van der Waals surface area (Å²) in [5.41, 5.74) is 4.55. The van der Waals surface area contributed by atoms with Gasteiger partial charge in [0.05, 0.1) is 6.10 Å². The van der Waals surface area contributed by atoms with Crippen LogP contribution in [0.4, 0.5) is 0 Å². The summed E-state index contributed by atoms with van der Waals surface area (Å²) in [6.45, 7) is 8.04. The van der Waals surface area contributed by atoms with E-state index in [9.17, 15) is 5.11 Å². The van der Waals surface area contributed by atoms with Crippen LogP contribution in [0, 0.1) is 20.8 Å². The zero-order chi connectivity index (χ0) is 11.6. The summed E-state index contributed by atoms with van der Waals surface area (Å²) in [6.07, 6.45) is -0.722. The third-order valence-electron chi connectivity index (χ3n) is 3.02. The molecule has 0 heterocycles. The smallest absolute Gasteiger partial charge is 0.105 e. The van der Waals surface area contributed by atoms with Crippen LogP contribution in [0.2, 0.25) is 0 Å². The van der Waals surface area contributed by atoms with Gasteiger partial charge in [-0.1, -0.05) is 12.1 Å². The Hall–Kier alpha value is -0.860. The van der Waals surface area contributed by atoms with E-state index >= 15 is 0 Å². The summed E-state index contributed by atoms with van der Waals surface area (Å²) < 4.78 is 5.14. The van der Waals surface area contributed by atoms with E-state index in [1.807, 2.05) is 19.9 Å². The van der Waals surface area contributed by atoms with Gasteiger partial charge in [-0.3, -0.25) is 0 Å². The molecular weight excluding hydrogens is 188 g/mol. The van der Waals surface area contributed by atoms with E-state index in [4.69, 9.17) is 4.74 Å². The highest BCUT2D eigenvalue weighted by molar-refractivity contribution is 5.37. The van der Waals surface area contributed by atoms with Crippen molar-refractivity contribution in [3.63, 3.8) is 0 Å². The summed E-state index contributed by atoms with van der Waals surface area (Å²) in [5.74, 6) is 0. The van der Waals surface area contributed by atoms with Gasteiger partial charge in [0.1, 0.15) is 6.10 Å². The van der Waals surface area contributed by atoms with Crippen LogP contribution in [-0.2, 0) is 4.74 Å². The van der Waals surface area contributed by atoms with Crippen molar-refractivity contribution in [2.75, 3.05) is 7.11 Å². The maximum absolute atomic E-state index is 10.1. The molecule has 2 atom stereocenters. The van der Waals surface area contributed by atoms with Crippen molar-refractivity contribution in [1.29, 1.82) is 0 Å². The minimum atomic E-state index is -0.547. The van der Waals surface area contributed by atoms with Crippen molar-refractivity contribution < 1.29 is 9.84 Å². The number of hydrogen-bond acceptors (Lipinski definition) is 2. The number of rotatable bonds is 3. The van der Waals surface area contributed by atoms with Gasteiger partial charge < -0.3 is 9.84 Å². The maximum Gasteiger partial charge on any atom is 0.105 e. The van der Waals surface area contributed by atoms with E-state index in [-0.39, 0.29) is 6.10 Å². The lowest BCUT2D eigenvalue weighted by Gasteiger charge is -2.20. The molecule has 0 fully saturated rings. The van der Waals surface area contributed by atoms with E-state index in [1.165, 1.54) is 11.1 Å². The monoisotopic (exact) mass is 208 g/mol. The zero-order valence-electron chi connectivity index (χ0n) is 10.2. The lowest BCUT2D eigenvalue weighted by Crippen LogP contribution is -2.18. The minimum absolute atomic E-state index is 0.175. The van der Waals surface area contributed by atoms with Gasteiger partial charge >= 0.3 is 0 Å². The summed E-state index contributed by atoms with van der Waals surface area (Å²) in [7, 11) is 1.62. The van der Waals surface area contributed by atoms with Gasteiger partial charge in [0.2, 0.25) is 0 Å². The largest absolute Gasteiger partial charge is 0.386 e. The van der Waals surface area contributed by atoms with Crippen molar-refractivity contribution in [2.24, 2.45) is 0 Å². The molecule has 0 saturated heterocycles. The molecule has 0 aliphatic carbocycles. The molecule has 0 aliphatic heterocycles. The second-order valence-electron chi connectivity index (χ2n) is 4.18. The Labute approximate surface area is 91.9 Å².